The zero-order valence-corrected chi connectivity index (χ0v) is 15.5. The minimum absolute atomic E-state index is 0.133. The minimum atomic E-state index is 0.133. The third-order valence-corrected chi connectivity index (χ3v) is 4.13. The van der Waals surface area contributed by atoms with E-state index in [0.29, 0.717) is 6.42 Å². The van der Waals surface area contributed by atoms with Crippen molar-refractivity contribution in [3.8, 4) is 23.7 Å². The summed E-state index contributed by atoms with van der Waals surface area (Å²) >= 11 is 0. The van der Waals surface area contributed by atoms with Gasteiger partial charge in [0.15, 0.2) is 0 Å². The Hall–Kier alpha value is -0.920. The molecule has 0 saturated heterocycles. The molecule has 0 rings (SSSR count). The lowest BCUT2D eigenvalue weighted by Crippen LogP contribution is -1.83. The number of hydrogen-bond donors (Lipinski definition) is 1. The maximum Gasteiger partial charge on any atom is 0.0540 e. The number of hydrogen-bond acceptors (Lipinski definition) is 1. The molecule has 0 aliphatic carbocycles. The predicted octanol–water partition coefficient (Wildman–Crippen LogP) is 6.25. The van der Waals surface area contributed by atoms with E-state index in [9.17, 15) is 0 Å². The van der Waals surface area contributed by atoms with Gasteiger partial charge in [0, 0.05) is 12.8 Å². The van der Waals surface area contributed by atoms with Crippen molar-refractivity contribution in [2.45, 2.75) is 110 Å². The zero-order chi connectivity index (χ0) is 16.8. The van der Waals surface area contributed by atoms with E-state index >= 15 is 0 Å². The SMILES string of the molecule is CCCCCCCCCCCCCCCCC#CC#CCCO. The van der Waals surface area contributed by atoms with E-state index in [1.807, 2.05) is 0 Å². The van der Waals surface area contributed by atoms with Crippen molar-refractivity contribution in [1.29, 1.82) is 0 Å². The van der Waals surface area contributed by atoms with Gasteiger partial charge in [-0.25, -0.2) is 0 Å². The van der Waals surface area contributed by atoms with Gasteiger partial charge in [-0.3, -0.25) is 0 Å². The molecule has 23 heavy (non-hydrogen) atoms. The summed E-state index contributed by atoms with van der Waals surface area (Å²) < 4.78 is 0. The Morgan fingerprint density at radius 2 is 0.913 bits per heavy atom. The molecule has 132 valence electrons. The molecule has 0 amide bonds. The first kappa shape index (κ1) is 22.1. The molecule has 0 atom stereocenters. The molecule has 1 nitrogen and oxygen atoms in total. The molecular formula is C22H38O. The van der Waals surface area contributed by atoms with E-state index < -0.39 is 0 Å². The van der Waals surface area contributed by atoms with Gasteiger partial charge >= 0.3 is 0 Å². The highest BCUT2D eigenvalue weighted by Gasteiger charge is 1.93. The molecule has 0 aliphatic heterocycles. The highest BCUT2D eigenvalue weighted by atomic mass is 16.2. The van der Waals surface area contributed by atoms with Crippen LogP contribution in [0.15, 0.2) is 0 Å². The maximum atomic E-state index is 8.56. The van der Waals surface area contributed by atoms with Crippen molar-refractivity contribution in [3.63, 3.8) is 0 Å². The lowest BCUT2D eigenvalue weighted by Gasteiger charge is -2.02. The van der Waals surface area contributed by atoms with Gasteiger partial charge in [0.2, 0.25) is 0 Å². The topological polar surface area (TPSA) is 20.2 Å². The van der Waals surface area contributed by atoms with E-state index in [1.54, 1.807) is 0 Å². The van der Waals surface area contributed by atoms with E-state index in [4.69, 9.17) is 5.11 Å². The Kier molecular flexibility index (Phi) is 20.2. The van der Waals surface area contributed by atoms with Crippen LogP contribution in [0.25, 0.3) is 0 Å². The first-order chi connectivity index (χ1) is 11.4. The molecule has 0 spiro atoms. The molecule has 1 heteroatoms. The quantitative estimate of drug-likeness (QED) is 0.279. The van der Waals surface area contributed by atoms with E-state index in [1.165, 1.54) is 89.9 Å². The van der Waals surface area contributed by atoms with Crippen LogP contribution in [0.2, 0.25) is 0 Å². The molecular weight excluding hydrogens is 280 g/mol. The summed E-state index contributed by atoms with van der Waals surface area (Å²) in [6.07, 6.45) is 21.0. The largest absolute Gasteiger partial charge is 0.395 e. The van der Waals surface area contributed by atoms with Crippen LogP contribution in [0.1, 0.15) is 110 Å². The molecule has 0 radical (unpaired) electrons. The second-order valence-electron chi connectivity index (χ2n) is 6.42. The third kappa shape index (κ3) is 21.1. The second-order valence-corrected chi connectivity index (χ2v) is 6.42. The molecule has 0 aromatic heterocycles. The average molecular weight is 319 g/mol. The van der Waals surface area contributed by atoms with Gasteiger partial charge in [-0.05, 0) is 18.3 Å². The van der Waals surface area contributed by atoms with Crippen molar-refractivity contribution < 1.29 is 5.11 Å². The van der Waals surface area contributed by atoms with Crippen molar-refractivity contribution >= 4 is 0 Å². The third-order valence-electron chi connectivity index (χ3n) is 4.13. The van der Waals surface area contributed by atoms with Gasteiger partial charge in [-0.15, -0.1) is 0 Å². The Morgan fingerprint density at radius 1 is 0.522 bits per heavy atom. The van der Waals surface area contributed by atoms with Crippen LogP contribution in [0.4, 0.5) is 0 Å². The molecule has 1 N–H and O–H groups in total. The molecule has 0 saturated carbocycles. The average Bonchev–Trinajstić information content (AvgIpc) is 2.57. The fourth-order valence-corrected chi connectivity index (χ4v) is 2.68. The number of aliphatic hydroxyl groups is 1. The standard InChI is InChI=1S/C22H38O/c1-2-3-4-5-6-7-8-9-10-11-12-13-14-15-16-17-18-19-20-21-22-23/h23H,2-16,21-22H2,1H3. The highest BCUT2D eigenvalue weighted by molar-refractivity contribution is 5.25. The molecule has 0 unspecified atom stereocenters. The molecule has 0 heterocycles. The van der Waals surface area contributed by atoms with Crippen molar-refractivity contribution in [2.75, 3.05) is 6.61 Å². The van der Waals surface area contributed by atoms with Crippen LogP contribution >= 0.6 is 0 Å². The van der Waals surface area contributed by atoms with Gasteiger partial charge in [0.25, 0.3) is 0 Å². The molecule has 0 bridgehead atoms. The first-order valence-corrected chi connectivity index (χ1v) is 9.98. The van der Waals surface area contributed by atoms with Gasteiger partial charge in [-0.1, -0.05) is 102 Å². The van der Waals surface area contributed by atoms with E-state index in [0.717, 1.165) is 6.42 Å². The first-order valence-electron chi connectivity index (χ1n) is 9.98. The van der Waals surface area contributed by atoms with Crippen LogP contribution in [0.5, 0.6) is 0 Å². The summed E-state index contributed by atoms with van der Waals surface area (Å²) in [5.41, 5.74) is 0. The van der Waals surface area contributed by atoms with E-state index in [-0.39, 0.29) is 6.61 Å². The Bertz CT molecular complexity index is 336. The Labute approximate surface area is 145 Å². The summed E-state index contributed by atoms with van der Waals surface area (Å²) in [4.78, 5) is 0. The molecule has 0 aliphatic rings. The van der Waals surface area contributed by atoms with Gasteiger partial charge in [0.1, 0.15) is 0 Å². The fourth-order valence-electron chi connectivity index (χ4n) is 2.68. The molecule has 0 fully saturated rings. The smallest absolute Gasteiger partial charge is 0.0540 e. The zero-order valence-electron chi connectivity index (χ0n) is 15.5. The fraction of sp³-hybridized carbons (Fsp3) is 0.818. The maximum absolute atomic E-state index is 8.56. The summed E-state index contributed by atoms with van der Waals surface area (Å²) in [6, 6.07) is 0. The van der Waals surface area contributed by atoms with Crippen LogP contribution in [-0.4, -0.2) is 11.7 Å². The van der Waals surface area contributed by atoms with Crippen molar-refractivity contribution in [2.24, 2.45) is 0 Å². The minimum Gasteiger partial charge on any atom is -0.395 e. The van der Waals surface area contributed by atoms with Crippen LogP contribution in [0, 0.1) is 23.7 Å². The summed E-state index contributed by atoms with van der Waals surface area (Å²) in [7, 11) is 0. The predicted molar refractivity (Wildman–Crippen MR) is 102 cm³/mol. The summed E-state index contributed by atoms with van der Waals surface area (Å²) in [5.74, 6) is 11.5. The van der Waals surface area contributed by atoms with Crippen LogP contribution < -0.4 is 0 Å². The van der Waals surface area contributed by atoms with Gasteiger partial charge < -0.3 is 5.11 Å². The van der Waals surface area contributed by atoms with Crippen molar-refractivity contribution in [3.05, 3.63) is 0 Å². The number of aliphatic hydroxyl groups excluding tert-OH is 1. The number of rotatable bonds is 15. The Morgan fingerprint density at radius 3 is 1.35 bits per heavy atom. The Balaban J connectivity index is 3.09. The monoisotopic (exact) mass is 318 g/mol. The van der Waals surface area contributed by atoms with Gasteiger partial charge in [-0.2, -0.15) is 0 Å². The molecule has 0 aromatic rings. The van der Waals surface area contributed by atoms with E-state index in [2.05, 4.69) is 30.6 Å². The normalized spacial score (nSPS) is 9.83. The lowest BCUT2D eigenvalue weighted by atomic mass is 10.0. The van der Waals surface area contributed by atoms with Gasteiger partial charge in [0.05, 0.1) is 6.61 Å². The summed E-state index contributed by atoms with van der Waals surface area (Å²) in [5, 5.41) is 8.56. The molecule has 0 aromatic carbocycles. The second kappa shape index (κ2) is 21.1. The lowest BCUT2D eigenvalue weighted by molar-refractivity contribution is 0.305. The number of unbranched alkanes of at least 4 members (excludes halogenated alkanes) is 14. The highest BCUT2D eigenvalue weighted by Crippen LogP contribution is 2.13. The van der Waals surface area contributed by atoms with Crippen LogP contribution in [-0.2, 0) is 0 Å². The van der Waals surface area contributed by atoms with Crippen LogP contribution in [0.3, 0.4) is 0 Å². The van der Waals surface area contributed by atoms with Crippen molar-refractivity contribution in [1.82, 2.24) is 0 Å². The summed E-state index contributed by atoms with van der Waals surface area (Å²) in [6.45, 7) is 2.41.